The fourth-order valence-electron chi connectivity index (χ4n) is 5.64. The van der Waals surface area contributed by atoms with Gasteiger partial charge in [-0.15, -0.1) is 0 Å². The highest BCUT2D eigenvalue weighted by atomic mass is 32.2. The van der Waals surface area contributed by atoms with Crippen LogP contribution in [-0.4, -0.2) is 27.4 Å². The predicted molar refractivity (Wildman–Crippen MR) is 99.9 cm³/mol. The average molecular weight is 377 g/mol. The van der Waals surface area contributed by atoms with Gasteiger partial charge in [0.15, 0.2) is 0 Å². The van der Waals surface area contributed by atoms with E-state index in [9.17, 15) is 13.2 Å². The lowest BCUT2D eigenvalue weighted by atomic mass is 9.51. The van der Waals surface area contributed by atoms with Crippen LogP contribution in [0.5, 0.6) is 0 Å². The molecule has 0 radical (unpaired) electrons. The fourth-order valence-corrected chi connectivity index (χ4v) is 6.67. The minimum atomic E-state index is -3.52. The first-order valence-corrected chi connectivity index (χ1v) is 11.2. The molecule has 1 aromatic rings. The third-order valence-electron chi connectivity index (χ3n) is 6.58. The third-order valence-corrected chi connectivity index (χ3v) is 8.05. The number of sulfonamides is 1. The number of rotatable bonds is 6. The Morgan fingerprint density at radius 3 is 2.12 bits per heavy atom. The van der Waals surface area contributed by atoms with Crippen molar-refractivity contribution in [1.29, 1.82) is 0 Å². The van der Waals surface area contributed by atoms with Crippen LogP contribution in [0.1, 0.15) is 37.7 Å². The normalized spacial score (nSPS) is 32.6. The monoisotopic (exact) mass is 376 g/mol. The highest BCUT2D eigenvalue weighted by Crippen LogP contribution is 2.56. The zero-order valence-electron chi connectivity index (χ0n) is 15.3. The van der Waals surface area contributed by atoms with Crippen LogP contribution in [0.15, 0.2) is 29.2 Å². The summed E-state index contributed by atoms with van der Waals surface area (Å²) in [5.41, 5.74) is 1.02. The average Bonchev–Trinajstić information content (AvgIpc) is 2.58. The summed E-state index contributed by atoms with van der Waals surface area (Å²) in [6, 6.07) is 6.76. The molecule has 0 saturated heterocycles. The van der Waals surface area contributed by atoms with Crippen molar-refractivity contribution >= 4 is 15.9 Å². The van der Waals surface area contributed by atoms with E-state index in [0.29, 0.717) is 18.4 Å². The van der Waals surface area contributed by atoms with Crippen molar-refractivity contribution in [3.8, 4) is 0 Å². The van der Waals surface area contributed by atoms with Gasteiger partial charge >= 0.3 is 0 Å². The Morgan fingerprint density at radius 1 is 0.962 bits per heavy atom. The van der Waals surface area contributed by atoms with Gasteiger partial charge in [0.1, 0.15) is 0 Å². The Morgan fingerprint density at radius 2 is 1.54 bits per heavy atom. The Balaban J connectivity index is 1.27. The molecule has 4 fully saturated rings. The summed E-state index contributed by atoms with van der Waals surface area (Å²) in [5.74, 6) is 3.08. The highest BCUT2D eigenvalue weighted by Gasteiger charge is 2.50. The zero-order valence-corrected chi connectivity index (χ0v) is 16.1. The molecule has 0 atom stereocenters. The largest absolute Gasteiger partial charge is 0.355 e. The third kappa shape index (κ3) is 3.54. The van der Waals surface area contributed by atoms with Crippen LogP contribution in [0, 0.1) is 36.5 Å². The minimum Gasteiger partial charge on any atom is -0.355 e. The van der Waals surface area contributed by atoms with Crippen molar-refractivity contribution in [3.05, 3.63) is 29.8 Å². The number of carbonyl (C=O) groups excluding carboxylic acids is 1. The van der Waals surface area contributed by atoms with Crippen LogP contribution in [0.4, 0.5) is 0 Å². The SMILES string of the molecule is Cc1ccc(S(=O)(=O)NCCNC(=O)C2C3CC4CC(C3)CC2C4)cc1. The van der Waals surface area contributed by atoms with Crippen molar-refractivity contribution < 1.29 is 13.2 Å². The van der Waals surface area contributed by atoms with Gasteiger partial charge in [0, 0.05) is 19.0 Å². The molecule has 1 aromatic carbocycles. The smallest absolute Gasteiger partial charge is 0.240 e. The lowest BCUT2D eigenvalue weighted by Gasteiger charge is -2.53. The summed E-state index contributed by atoms with van der Waals surface area (Å²) in [4.78, 5) is 12.9. The number of aryl methyl sites for hydroxylation is 1. The molecule has 4 bridgehead atoms. The second-order valence-electron chi connectivity index (χ2n) is 8.46. The fraction of sp³-hybridized carbons (Fsp3) is 0.650. The molecule has 0 aromatic heterocycles. The van der Waals surface area contributed by atoms with Crippen LogP contribution in [-0.2, 0) is 14.8 Å². The molecule has 1 amide bonds. The number of hydrogen-bond donors (Lipinski definition) is 2. The van der Waals surface area contributed by atoms with E-state index in [1.54, 1.807) is 24.3 Å². The summed E-state index contributed by atoms with van der Waals surface area (Å²) in [6.07, 6.45) is 6.23. The summed E-state index contributed by atoms with van der Waals surface area (Å²) in [5, 5.41) is 2.98. The molecular formula is C20H28N2O3S. The molecule has 4 aliphatic rings. The molecular weight excluding hydrogens is 348 g/mol. The van der Waals surface area contributed by atoms with Crippen LogP contribution in [0.3, 0.4) is 0 Å². The maximum Gasteiger partial charge on any atom is 0.240 e. The van der Waals surface area contributed by atoms with Gasteiger partial charge in [-0.25, -0.2) is 13.1 Å². The standard InChI is InChI=1S/C20H28N2O3S/c1-13-2-4-18(5-3-13)26(24,25)22-7-6-21-20(23)19-16-9-14-8-15(11-16)12-17(19)10-14/h2-5,14-17,19,22H,6-12H2,1H3,(H,21,23). The molecule has 0 aliphatic heterocycles. The van der Waals surface area contributed by atoms with E-state index in [1.807, 2.05) is 6.92 Å². The predicted octanol–water partition coefficient (Wildman–Crippen LogP) is 2.46. The van der Waals surface area contributed by atoms with E-state index in [4.69, 9.17) is 0 Å². The van der Waals surface area contributed by atoms with Crippen LogP contribution in [0.2, 0.25) is 0 Å². The van der Waals surface area contributed by atoms with E-state index < -0.39 is 10.0 Å². The number of amides is 1. The molecule has 0 unspecified atom stereocenters. The molecule has 26 heavy (non-hydrogen) atoms. The topological polar surface area (TPSA) is 75.3 Å². The van der Waals surface area contributed by atoms with E-state index in [2.05, 4.69) is 10.0 Å². The van der Waals surface area contributed by atoms with E-state index in [1.165, 1.54) is 32.1 Å². The number of hydrogen-bond acceptors (Lipinski definition) is 3. The molecule has 5 nitrogen and oxygen atoms in total. The Hall–Kier alpha value is -1.40. The molecule has 4 aliphatic carbocycles. The molecule has 142 valence electrons. The van der Waals surface area contributed by atoms with Crippen molar-refractivity contribution in [2.45, 2.75) is 43.9 Å². The van der Waals surface area contributed by atoms with Crippen LogP contribution >= 0.6 is 0 Å². The zero-order chi connectivity index (χ0) is 18.3. The van der Waals surface area contributed by atoms with Crippen LogP contribution < -0.4 is 10.0 Å². The summed E-state index contributed by atoms with van der Waals surface area (Å²) < 4.78 is 27.1. The van der Waals surface area contributed by atoms with Gasteiger partial charge < -0.3 is 5.32 Å². The van der Waals surface area contributed by atoms with Crippen molar-refractivity contribution in [3.63, 3.8) is 0 Å². The maximum absolute atomic E-state index is 12.7. The van der Waals surface area contributed by atoms with Crippen LogP contribution in [0.25, 0.3) is 0 Å². The van der Waals surface area contributed by atoms with Gasteiger partial charge in [0.25, 0.3) is 0 Å². The molecule has 2 N–H and O–H groups in total. The first-order valence-electron chi connectivity index (χ1n) is 9.76. The van der Waals surface area contributed by atoms with Gasteiger partial charge in [0.05, 0.1) is 4.90 Å². The molecule has 6 heteroatoms. The lowest BCUT2D eigenvalue weighted by Crippen LogP contribution is -2.51. The summed E-state index contributed by atoms with van der Waals surface area (Å²) in [7, 11) is -3.52. The quantitative estimate of drug-likeness (QED) is 0.749. The Bertz CT molecular complexity index is 745. The van der Waals surface area contributed by atoms with Gasteiger partial charge in [-0.3, -0.25) is 4.79 Å². The van der Waals surface area contributed by atoms with E-state index >= 15 is 0 Å². The van der Waals surface area contributed by atoms with Gasteiger partial charge in [-0.05, 0) is 74.8 Å². The molecule has 5 rings (SSSR count). The van der Waals surface area contributed by atoms with E-state index in [-0.39, 0.29) is 23.3 Å². The molecule has 4 saturated carbocycles. The molecule has 0 spiro atoms. The number of benzene rings is 1. The number of carbonyl (C=O) groups is 1. The lowest BCUT2D eigenvalue weighted by molar-refractivity contribution is -0.138. The van der Waals surface area contributed by atoms with Gasteiger partial charge in [0.2, 0.25) is 15.9 Å². The van der Waals surface area contributed by atoms with Crippen molar-refractivity contribution in [1.82, 2.24) is 10.0 Å². The van der Waals surface area contributed by atoms with Crippen molar-refractivity contribution in [2.75, 3.05) is 13.1 Å². The number of nitrogens with one attached hydrogen (secondary N) is 2. The second-order valence-corrected chi connectivity index (χ2v) is 10.2. The second kappa shape index (κ2) is 6.97. The Labute approximate surface area is 156 Å². The summed E-state index contributed by atoms with van der Waals surface area (Å²) >= 11 is 0. The van der Waals surface area contributed by atoms with Gasteiger partial charge in [-0.2, -0.15) is 0 Å². The maximum atomic E-state index is 12.7. The van der Waals surface area contributed by atoms with E-state index in [0.717, 1.165) is 17.4 Å². The Kier molecular flexibility index (Phi) is 4.82. The van der Waals surface area contributed by atoms with Crippen molar-refractivity contribution in [2.24, 2.45) is 29.6 Å². The van der Waals surface area contributed by atoms with Gasteiger partial charge in [-0.1, -0.05) is 17.7 Å². The first-order chi connectivity index (χ1) is 12.4. The minimum absolute atomic E-state index is 0.133. The first kappa shape index (κ1) is 18.0. The summed E-state index contributed by atoms with van der Waals surface area (Å²) in [6.45, 7) is 2.48. The molecule has 0 heterocycles. The highest BCUT2D eigenvalue weighted by molar-refractivity contribution is 7.89.